The number of methoxy groups -OCH3 is 1. The predicted octanol–water partition coefficient (Wildman–Crippen LogP) is 1.23. The molecule has 2 heterocycles. The van der Waals surface area contributed by atoms with Gasteiger partial charge in [0.2, 0.25) is 21.8 Å². The van der Waals surface area contributed by atoms with E-state index in [0.717, 1.165) is 23.9 Å². The van der Waals surface area contributed by atoms with Crippen molar-refractivity contribution in [2.24, 2.45) is 0 Å². The zero-order valence-corrected chi connectivity index (χ0v) is 17.5. The Morgan fingerprint density at radius 2 is 1.90 bits per heavy atom. The van der Waals surface area contributed by atoms with Crippen LogP contribution in [-0.4, -0.2) is 56.7 Å². The summed E-state index contributed by atoms with van der Waals surface area (Å²) in [5.74, 6) is -7.53. The summed E-state index contributed by atoms with van der Waals surface area (Å²) < 4.78 is 72.0. The molecule has 9 nitrogen and oxygen atoms in total. The second-order valence-corrected chi connectivity index (χ2v) is 8.76. The van der Waals surface area contributed by atoms with Crippen LogP contribution < -0.4 is 20.1 Å². The molecule has 1 fully saturated rings. The number of halogens is 3. The van der Waals surface area contributed by atoms with Crippen molar-refractivity contribution in [3.05, 3.63) is 40.8 Å². The smallest absolute Gasteiger partial charge is 0.241 e. The second kappa shape index (κ2) is 8.67. The van der Waals surface area contributed by atoms with Gasteiger partial charge in [-0.2, -0.15) is 4.98 Å². The maximum Gasteiger partial charge on any atom is 0.241 e. The summed E-state index contributed by atoms with van der Waals surface area (Å²) in [7, 11) is -2.73. The number of rotatable bonds is 6. The van der Waals surface area contributed by atoms with E-state index in [4.69, 9.17) is 10.5 Å². The molecule has 168 valence electrons. The Morgan fingerprint density at radius 1 is 1.26 bits per heavy atom. The van der Waals surface area contributed by atoms with Gasteiger partial charge in [-0.05, 0) is 25.9 Å². The number of piperidine rings is 1. The number of carbonyl (C=O) groups is 1. The molecule has 0 saturated carbocycles. The first kappa shape index (κ1) is 22.7. The molecule has 1 aliphatic rings. The molecule has 0 amide bonds. The van der Waals surface area contributed by atoms with Gasteiger partial charge >= 0.3 is 0 Å². The van der Waals surface area contributed by atoms with Crippen LogP contribution in [0.15, 0.2) is 12.3 Å². The van der Waals surface area contributed by atoms with E-state index in [-0.39, 0.29) is 5.95 Å². The third-order valence-corrected chi connectivity index (χ3v) is 5.99. The van der Waals surface area contributed by atoms with Gasteiger partial charge in [0.15, 0.2) is 17.5 Å². The van der Waals surface area contributed by atoms with E-state index in [9.17, 15) is 26.4 Å². The molecule has 13 heteroatoms. The molecule has 0 atom stereocenters. The fraction of sp³-hybridized carbons (Fsp3) is 0.389. The molecule has 3 N–H and O–H groups in total. The van der Waals surface area contributed by atoms with Crippen LogP contribution in [0.25, 0.3) is 0 Å². The Morgan fingerprint density at radius 3 is 2.45 bits per heavy atom. The van der Waals surface area contributed by atoms with E-state index in [2.05, 4.69) is 15.3 Å². The third kappa shape index (κ3) is 4.42. The molecule has 1 aromatic heterocycles. The Kier molecular flexibility index (Phi) is 6.36. The van der Waals surface area contributed by atoms with E-state index in [1.807, 2.05) is 0 Å². The Labute approximate surface area is 176 Å². The van der Waals surface area contributed by atoms with E-state index in [1.165, 1.54) is 0 Å². The number of nitrogens with zero attached hydrogens (tertiary/aromatic N) is 3. The van der Waals surface area contributed by atoms with Crippen LogP contribution in [0.3, 0.4) is 0 Å². The number of sulfonamides is 1. The highest BCUT2D eigenvalue weighted by Gasteiger charge is 2.32. The van der Waals surface area contributed by atoms with Crippen molar-refractivity contribution in [1.29, 1.82) is 0 Å². The fourth-order valence-electron chi connectivity index (χ4n) is 3.37. The summed E-state index contributed by atoms with van der Waals surface area (Å²) in [6, 6.07) is 0.112. The van der Waals surface area contributed by atoms with Crippen molar-refractivity contribution in [1.82, 2.24) is 15.3 Å². The number of nitrogens with one attached hydrogen (secondary N) is 1. The van der Waals surface area contributed by atoms with E-state index in [1.54, 1.807) is 0 Å². The molecule has 1 aromatic carbocycles. The van der Waals surface area contributed by atoms with Gasteiger partial charge in [0, 0.05) is 12.3 Å². The number of ketones is 1. The Bertz CT molecular complexity index is 1120. The number of carbonyl (C=O) groups excluding carboxylic acids is 1. The normalized spacial score (nSPS) is 15.0. The van der Waals surface area contributed by atoms with E-state index >= 15 is 0 Å². The minimum atomic E-state index is -3.78. The van der Waals surface area contributed by atoms with Gasteiger partial charge in [-0.3, -0.25) is 4.79 Å². The lowest BCUT2D eigenvalue weighted by atomic mass is 10.0. The molecule has 0 radical (unpaired) electrons. The number of nitrogen functional groups attached to an aromatic ring is 1. The average Bonchev–Trinajstić information content (AvgIpc) is 2.71. The number of anilines is 2. The van der Waals surface area contributed by atoms with Crippen LogP contribution in [-0.2, 0) is 10.0 Å². The summed E-state index contributed by atoms with van der Waals surface area (Å²) in [6.07, 6.45) is 2.93. The zero-order chi connectivity index (χ0) is 22.9. The highest BCUT2D eigenvalue weighted by Crippen LogP contribution is 2.30. The molecule has 1 aliphatic heterocycles. The summed E-state index contributed by atoms with van der Waals surface area (Å²) in [5.41, 5.74) is 4.53. The van der Waals surface area contributed by atoms with Crippen LogP contribution >= 0.6 is 0 Å². The van der Waals surface area contributed by atoms with E-state index in [0.29, 0.717) is 32.0 Å². The summed E-state index contributed by atoms with van der Waals surface area (Å²) >= 11 is 0. The van der Waals surface area contributed by atoms with Crippen molar-refractivity contribution in [2.75, 3.05) is 36.5 Å². The van der Waals surface area contributed by atoms with Crippen molar-refractivity contribution in [2.45, 2.75) is 18.9 Å². The number of ether oxygens (including phenoxy) is 1. The summed E-state index contributed by atoms with van der Waals surface area (Å²) in [6.45, 7) is 1.19. The number of hydrogen-bond acceptors (Lipinski definition) is 8. The largest absolute Gasteiger partial charge is 0.496 e. The molecule has 2 aromatic rings. The van der Waals surface area contributed by atoms with Crippen molar-refractivity contribution < 1.29 is 31.1 Å². The lowest BCUT2D eigenvalue weighted by Crippen LogP contribution is -2.46. The van der Waals surface area contributed by atoms with Crippen LogP contribution in [0.4, 0.5) is 24.9 Å². The number of hydrogen-bond donors (Lipinski definition) is 2. The lowest BCUT2D eigenvalue weighted by molar-refractivity contribution is 0.103. The van der Waals surface area contributed by atoms with Gasteiger partial charge in [-0.25, -0.2) is 30.9 Å². The van der Waals surface area contributed by atoms with Crippen molar-refractivity contribution >= 4 is 27.6 Å². The first-order chi connectivity index (χ1) is 14.6. The molecule has 3 rings (SSSR count). The molecular weight excluding hydrogens is 439 g/mol. The average molecular weight is 459 g/mol. The highest BCUT2D eigenvalue weighted by atomic mass is 32.2. The third-order valence-electron chi connectivity index (χ3n) is 4.82. The predicted molar refractivity (Wildman–Crippen MR) is 106 cm³/mol. The minimum Gasteiger partial charge on any atom is -0.496 e. The van der Waals surface area contributed by atoms with Gasteiger partial charge < -0.3 is 15.8 Å². The standard InChI is InChI=1S/C18H20F3N5O4S/c1-30-12-7-11(19)14(20)15(21)13(12)16(27)10-8-24-18(25-17(10)22)26(31(2,28)29)9-3-5-23-6-4-9/h7-9,23H,3-6H2,1-2H3,(H2,22,24,25). The number of nitrogens with two attached hydrogens (primary N) is 1. The van der Waals surface area contributed by atoms with Gasteiger partial charge in [-0.1, -0.05) is 0 Å². The first-order valence-electron chi connectivity index (χ1n) is 9.15. The zero-order valence-electron chi connectivity index (χ0n) is 16.7. The van der Waals surface area contributed by atoms with Gasteiger partial charge in [0.25, 0.3) is 0 Å². The Balaban J connectivity index is 2.05. The second-order valence-electron chi connectivity index (χ2n) is 6.90. The molecular formula is C18H20F3N5O4S. The lowest BCUT2D eigenvalue weighted by Gasteiger charge is -2.32. The topological polar surface area (TPSA) is 128 Å². The maximum absolute atomic E-state index is 14.3. The van der Waals surface area contributed by atoms with Gasteiger partial charge in [0.1, 0.15) is 17.1 Å². The molecule has 0 aliphatic carbocycles. The SMILES string of the molecule is COc1cc(F)c(F)c(F)c1C(=O)c1cnc(N(C2CCNCC2)S(C)(=O)=O)nc1N. The quantitative estimate of drug-likeness (QED) is 0.488. The fourth-order valence-corrected chi connectivity index (χ4v) is 4.51. The van der Waals surface area contributed by atoms with Gasteiger partial charge in [0.05, 0.1) is 25.0 Å². The monoisotopic (exact) mass is 459 g/mol. The molecule has 0 spiro atoms. The van der Waals surface area contributed by atoms with Gasteiger partial charge in [-0.15, -0.1) is 0 Å². The number of aromatic nitrogens is 2. The van der Waals surface area contributed by atoms with Crippen LogP contribution in [0.2, 0.25) is 0 Å². The maximum atomic E-state index is 14.3. The minimum absolute atomic E-state index is 0.249. The molecule has 0 unspecified atom stereocenters. The first-order valence-corrected chi connectivity index (χ1v) is 11.0. The summed E-state index contributed by atoms with van der Waals surface area (Å²) in [4.78, 5) is 20.7. The van der Waals surface area contributed by atoms with Crippen molar-refractivity contribution in [3.63, 3.8) is 0 Å². The van der Waals surface area contributed by atoms with E-state index < -0.39 is 62.0 Å². The van der Waals surface area contributed by atoms with Crippen LogP contribution in [0, 0.1) is 17.5 Å². The van der Waals surface area contributed by atoms with Crippen LogP contribution in [0.1, 0.15) is 28.8 Å². The molecule has 1 saturated heterocycles. The summed E-state index contributed by atoms with van der Waals surface area (Å²) in [5, 5.41) is 3.11. The van der Waals surface area contributed by atoms with Crippen molar-refractivity contribution in [3.8, 4) is 5.75 Å². The molecule has 0 bridgehead atoms. The van der Waals surface area contributed by atoms with Crippen LogP contribution in [0.5, 0.6) is 5.75 Å². The Hall–Kier alpha value is -2.93. The number of benzene rings is 1. The molecule has 31 heavy (non-hydrogen) atoms. The highest BCUT2D eigenvalue weighted by molar-refractivity contribution is 7.92.